The molecule has 0 amide bonds. The monoisotopic (exact) mass is 417 g/mol. The molecule has 0 radical (unpaired) electrons. The number of hydrogen-bond acceptors (Lipinski definition) is 2. The van der Waals surface area contributed by atoms with Crippen LogP contribution in [0, 0.1) is 3.57 Å². The van der Waals surface area contributed by atoms with E-state index < -0.39 is 0 Å². The molecule has 2 N–H and O–H groups in total. The van der Waals surface area contributed by atoms with Crippen molar-refractivity contribution in [2.24, 2.45) is 5.73 Å². The van der Waals surface area contributed by atoms with Gasteiger partial charge in [0.15, 0.2) is 0 Å². The summed E-state index contributed by atoms with van der Waals surface area (Å²) in [4.78, 5) is 0. The highest BCUT2D eigenvalue weighted by Crippen LogP contribution is 2.33. The van der Waals surface area contributed by atoms with Crippen molar-refractivity contribution in [1.29, 1.82) is 0 Å². The Balaban J connectivity index is 2.39. The van der Waals surface area contributed by atoms with Gasteiger partial charge in [0, 0.05) is 16.1 Å². The van der Waals surface area contributed by atoms with E-state index in [1.54, 1.807) is 0 Å². The van der Waals surface area contributed by atoms with Crippen LogP contribution in [0.2, 0.25) is 0 Å². The standard InChI is InChI=1S/C14H13BrINO/c1-9(17)11-7-6-10(15)8-14(11)18-13-5-3-2-4-12(13)16/h2-9H,17H2,1H3. The van der Waals surface area contributed by atoms with Gasteiger partial charge in [0.05, 0.1) is 3.57 Å². The molecule has 2 rings (SSSR count). The molecule has 0 aliphatic carbocycles. The molecule has 1 atom stereocenters. The van der Waals surface area contributed by atoms with E-state index >= 15 is 0 Å². The summed E-state index contributed by atoms with van der Waals surface area (Å²) in [7, 11) is 0. The predicted octanol–water partition coefficient (Wildman–Crippen LogP) is 4.87. The maximum atomic E-state index is 5.96. The molecular formula is C14H13BrINO. The maximum absolute atomic E-state index is 5.96. The molecule has 2 nitrogen and oxygen atoms in total. The van der Waals surface area contributed by atoms with E-state index in [1.807, 2.05) is 49.4 Å². The van der Waals surface area contributed by atoms with Crippen molar-refractivity contribution in [3.8, 4) is 11.5 Å². The van der Waals surface area contributed by atoms with Gasteiger partial charge >= 0.3 is 0 Å². The minimum Gasteiger partial charge on any atom is -0.456 e. The normalized spacial score (nSPS) is 12.2. The minimum atomic E-state index is -0.0607. The van der Waals surface area contributed by atoms with E-state index in [0.717, 1.165) is 25.1 Å². The third-order valence-corrected chi connectivity index (χ3v) is 3.91. The van der Waals surface area contributed by atoms with Crippen molar-refractivity contribution in [3.63, 3.8) is 0 Å². The Hall–Kier alpha value is -0.590. The summed E-state index contributed by atoms with van der Waals surface area (Å²) in [5.41, 5.74) is 6.96. The number of nitrogens with two attached hydrogens (primary N) is 1. The molecule has 18 heavy (non-hydrogen) atoms. The Morgan fingerprint density at radius 3 is 2.56 bits per heavy atom. The average molecular weight is 418 g/mol. The maximum Gasteiger partial charge on any atom is 0.140 e. The second-order valence-electron chi connectivity index (χ2n) is 4.00. The van der Waals surface area contributed by atoms with Gasteiger partial charge in [0.2, 0.25) is 0 Å². The van der Waals surface area contributed by atoms with E-state index in [0.29, 0.717) is 0 Å². The van der Waals surface area contributed by atoms with Crippen LogP contribution in [0.25, 0.3) is 0 Å². The molecule has 2 aromatic rings. The van der Waals surface area contributed by atoms with Crippen molar-refractivity contribution in [2.75, 3.05) is 0 Å². The van der Waals surface area contributed by atoms with Crippen LogP contribution in [-0.4, -0.2) is 0 Å². The fourth-order valence-electron chi connectivity index (χ4n) is 1.62. The smallest absolute Gasteiger partial charge is 0.140 e. The Kier molecular flexibility index (Phi) is 4.64. The van der Waals surface area contributed by atoms with Crippen LogP contribution in [0.5, 0.6) is 11.5 Å². The van der Waals surface area contributed by atoms with E-state index in [1.165, 1.54) is 0 Å². The summed E-state index contributed by atoms with van der Waals surface area (Å²) in [5.74, 6) is 1.64. The molecule has 0 saturated heterocycles. The molecule has 0 bridgehead atoms. The van der Waals surface area contributed by atoms with Gasteiger partial charge in [-0.25, -0.2) is 0 Å². The van der Waals surface area contributed by atoms with Crippen LogP contribution in [0.4, 0.5) is 0 Å². The Bertz CT molecular complexity index is 557. The molecule has 0 aliphatic rings. The van der Waals surface area contributed by atoms with Crippen molar-refractivity contribution in [1.82, 2.24) is 0 Å². The third kappa shape index (κ3) is 3.24. The molecule has 0 aromatic heterocycles. The summed E-state index contributed by atoms with van der Waals surface area (Å²) in [6.07, 6.45) is 0. The number of rotatable bonds is 3. The van der Waals surface area contributed by atoms with Gasteiger partial charge in [-0.3, -0.25) is 0 Å². The molecule has 0 spiro atoms. The first-order valence-corrected chi connectivity index (χ1v) is 7.42. The highest BCUT2D eigenvalue weighted by molar-refractivity contribution is 14.1. The molecular weight excluding hydrogens is 405 g/mol. The van der Waals surface area contributed by atoms with E-state index in [4.69, 9.17) is 10.5 Å². The zero-order chi connectivity index (χ0) is 13.1. The van der Waals surface area contributed by atoms with Gasteiger partial charge in [-0.2, -0.15) is 0 Å². The number of hydrogen-bond donors (Lipinski definition) is 1. The minimum absolute atomic E-state index is 0.0607. The van der Waals surface area contributed by atoms with Gasteiger partial charge < -0.3 is 10.5 Å². The zero-order valence-corrected chi connectivity index (χ0v) is 13.6. The van der Waals surface area contributed by atoms with E-state index in [2.05, 4.69) is 38.5 Å². The Labute approximate surface area is 129 Å². The lowest BCUT2D eigenvalue weighted by Gasteiger charge is -2.15. The average Bonchev–Trinajstić information content (AvgIpc) is 2.32. The van der Waals surface area contributed by atoms with Gasteiger partial charge in [-0.15, -0.1) is 0 Å². The third-order valence-electron chi connectivity index (χ3n) is 2.52. The summed E-state index contributed by atoms with van der Waals surface area (Å²) in [6.45, 7) is 1.95. The highest BCUT2D eigenvalue weighted by Gasteiger charge is 2.10. The molecule has 1 unspecified atom stereocenters. The van der Waals surface area contributed by atoms with Crippen molar-refractivity contribution in [2.45, 2.75) is 13.0 Å². The first-order chi connectivity index (χ1) is 8.58. The van der Waals surface area contributed by atoms with Crippen LogP contribution < -0.4 is 10.5 Å². The van der Waals surface area contributed by atoms with Crippen molar-refractivity contribution >= 4 is 38.5 Å². The highest BCUT2D eigenvalue weighted by atomic mass is 127. The second-order valence-corrected chi connectivity index (χ2v) is 6.08. The fourth-order valence-corrected chi connectivity index (χ4v) is 2.46. The van der Waals surface area contributed by atoms with Gasteiger partial charge in [-0.1, -0.05) is 34.1 Å². The lowest BCUT2D eigenvalue weighted by Crippen LogP contribution is -2.06. The largest absolute Gasteiger partial charge is 0.456 e. The molecule has 0 saturated carbocycles. The fraction of sp³-hybridized carbons (Fsp3) is 0.143. The van der Waals surface area contributed by atoms with Crippen molar-refractivity contribution < 1.29 is 4.74 Å². The lowest BCUT2D eigenvalue weighted by molar-refractivity contribution is 0.468. The topological polar surface area (TPSA) is 35.2 Å². The Morgan fingerprint density at radius 1 is 1.17 bits per heavy atom. The number of benzene rings is 2. The number of halogens is 2. The summed E-state index contributed by atoms with van der Waals surface area (Å²) in [6, 6.07) is 13.8. The quantitative estimate of drug-likeness (QED) is 0.723. The summed E-state index contributed by atoms with van der Waals surface area (Å²) in [5, 5.41) is 0. The molecule has 0 heterocycles. The van der Waals surface area contributed by atoms with Crippen LogP contribution in [0.1, 0.15) is 18.5 Å². The second kappa shape index (κ2) is 6.04. The number of para-hydroxylation sites is 1. The molecule has 2 aromatic carbocycles. The van der Waals surface area contributed by atoms with E-state index in [9.17, 15) is 0 Å². The molecule has 94 valence electrons. The van der Waals surface area contributed by atoms with Gasteiger partial charge in [-0.05, 0) is 53.8 Å². The van der Waals surface area contributed by atoms with Gasteiger partial charge in [0.1, 0.15) is 11.5 Å². The predicted molar refractivity (Wildman–Crippen MR) is 86.0 cm³/mol. The summed E-state index contributed by atoms with van der Waals surface area (Å²) < 4.78 is 8.02. The Morgan fingerprint density at radius 2 is 1.89 bits per heavy atom. The molecule has 0 aliphatic heterocycles. The van der Waals surface area contributed by atoms with Crippen LogP contribution in [0.15, 0.2) is 46.9 Å². The molecule has 4 heteroatoms. The first-order valence-electron chi connectivity index (χ1n) is 5.55. The van der Waals surface area contributed by atoms with Gasteiger partial charge in [0.25, 0.3) is 0 Å². The zero-order valence-electron chi connectivity index (χ0n) is 9.86. The van der Waals surface area contributed by atoms with Crippen molar-refractivity contribution in [3.05, 3.63) is 56.1 Å². The summed E-state index contributed by atoms with van der Waals surface area (Å²) >= 11 is 5.71. The lowest BCUT2D eigenvalue weighted by atomic mass is 10.1. The first kappa shape index (κ1) is 13.8. The van der Waals surface area contributed by atoms with Crippen LogP contribution in [-0.2, 0) is 0 Å². The van der Waals surface area contributed by atoms with Crippen LogP contribution >= 0.6 is 38.5 Å². The van der Waals surface area contributed by atoms with E-state index in [-0.39, 0.29) is 6.04 Å². The SMILES string of the molecule is CC(N)c1ccc(Br)cc1Oc1ccccc1I. The molecule has 0 fully saturated rings. The number of ether oxygens (including phenoxy) is 1. The van der Waals surface area contributed by atoms with Crippen LogP contribution in [0.3, 0.4) is 0 Å².